The fourth-order valence-corrected chi connectivity index (χ4v) is 3.45. The zero-order chi connectivity index (χ0) is 15.1. The van der Waals surface area contributed by atoms with Crippen LogP contribution in [0.15, 0.2) is 4.99 Å². The molecular formula is C17H34N4. The Bertz CT molecular complexity index is 321. The molecule has 0 bridgehead atoms. The molecule has 4 nitrogen and oxygen atoms in total. The molecule has 1 aliphatic heterocycles. The summed E-state index contributed by atoms with van der Waals surface area (Å²) in [5.41, 5.74) is 0. The number of nitrogens with zero attached hydrogens (tertiary/aromatic N) is 2. The normalized spacial score (nSPS) is 25.0. The van der Waals surface area contributed by atoms with Crippen LogP contribution in [-0.2, 0) is 0 Å². The maximum Gasteiger partial charge on any atom is 0.191 e. The predicted octanol–water partition coefficient (Wildman–Crippen LogP) is 2.60. The Morgan fingerprint density at radius 3 is 2.67 bits per heavy atom. The average Bonchev–Trinajstić information content (AvgIpc) is 3.08. The standard InChI is InChI=1S/C17H34N4/c1-4-18-17(19-11-9-14(2)3)20-15-10-12-21(13-15)16-7-5-6-8-16/h14-16H,4-13H2,1-3H3,(H2,18,19,20). The largest absolute Gasteiger partial charge is 0.357 e. The van der Waals surface area contributed by atoms with Gasteiger partial charge in [0.2, 0.25) is 0 Å². The molecule has 2 fully saturated rings. The van der Waals surface area contributed by atoms with Crippen molar-refractivity contribution in [3.05, 3.63) is 0 Å². The lowest BCUT2D eigenvalue weighted by molar-refractivity contribution is 0.242. The van der Waals surface area contributed by atoms with Crippen molar-refractivity contribution < 1.29 is 0 Å². The van der Waals surface area contributed by atoms with Crippen LogP contribution in [0.4, 0.5) is 0 Å². The second-order valence-electron chi connectivity index (χ2n) is 7.01. The highest BCUT2D eigenvalue weighted by molar-refractivity contribution is 5.80. The van der Waals surface area contributed by atoms with E-state index in [2.05, 4.69) is 36.3 Å². The summed E-state index contributed by atoms with van der Waals surface area (Å²) in [5.74, 6) is 1.73. The summed E-state index contributed by atoms with van der Waals surface area (Å²) in [6, 6.07) is 1.43. The van der Waals surface area contributed by atoms with Crippen LogP contribution in [0, 0.1) is 5.92 Å². The topological polar surface area (TPSA) is 39.7 Å². The minimum absolute atomic E-state index is 0.572. The number of nitrogens with one attached hydrogen (secondary N) is 2. The fraction of sp³-hybridized carbons (Fsp3) is 0.941. The SMILES string of the molecule is CCNC(=NCCC(C)C)NC1CCN(C2CCCC2)C1. The van der Waals surface area contributed by atoms with E-state index < -0.39 is 0 Å². The molecule has 4 heteroatoms. The first-order valence-corrected chi connectivity index (χ1v) is 8.98. The van der Waals surface area contributed by atoms with Gasteiger partial charge in [0.1, 0.15) is 0 Å². The number of hydrogen-bond acceptors (Lipinski definition) is 2. The van der Waals surface area contributed by atoms with Crippen molar-refractivity contribution in [2.75, 3.05) is 26.2 Å². The summed E-state index contributed by atoms with van der Waals surface area (Å²) in [5, 5.41) is 7.03. The molecule has 21 heavy (non-hydrogen) atoms. The Labute approximate surface area is 130 Å². The van der Waals surface area contributed by atoms with E-state index >= 15 is 0 Å². The van der Waals surface area contributed by atoms with E-state index in [9.17, 15) is 0 Å². The van der Waals surface area contributed by atoms with E-state index in [0.717, 1.165) is 37.4 Å². The van der Waals surface area contributed by atoms with Crippen LogP contribution >= 0.6 is 0 Å². The molecule has 1 unspecified atom stereocenters. The molecule has 2 aliphatic rings. The predicted molar refractivity (Wildman–Crippen MR) is 90.8 cm³/mol. The second-order valence-corrected chi connectivity index (χ2v) is 7.01. The molecule has 0 spiro atoms. The monoisotopic (exact) mass is 294 g/mol. The zero-order valence-corrected chi connectivity index (χ0v) is 14.2. The van der Waals surface area contributed by atoms with E-state index in [1.54, 1.807) is 0 Å². The van der Waals surface area contributed by atoms with E-state index in [1.165, 1.54) is 45.2 Å². The maximum atomic E-state index is 4.72. The molecule has 0 radical (unpaired) electrons. The Hall–Kier alpha value is -0.770. The summed E-state index contributed by atoms with van der Waals surface area (Å²) >= 11 is 0. The van der Waals surface area contributed by atoms with Crippen molar-refractivity contribution in [2.24, 2.45) is 10.9 Å². The summed E-state index contributed by atoms with van der Waals surface area (Å²) in [4.78, 5) is 7.41. The molecule has 0 aromatic rings. The summed E-state index contributed by atoms with van der Waals surface area (Å²) < 4.78 is 0. The van der Waals surface area contributed by atoms with E-state index in [4.69, 9.17) is 4.99 Å². The lowest BCUT2D eigenvalue weighted by Gasteiger charge is -2.24. The summed E-state index contributed by atoms with van der Waals surface area (Å²) in [6.07, 6.45) is 8.10. The summed E-state index contributed by atoms with van der Waals surface area (Å²) in [6.45, 7) is 11.0. The van der Waals surface area contributed by atoms with Crippen LogP contribution in [0.5, 0.6) is 0 Å². The van der Waals surface area contributed by atoms with Gasteiger partial charge < -0.3 is 10.6 Å². The van der Waals surface area contributed by atoms with Crippen molar-refractivity contribution in [3.8, 4) is 0 Å². The van der Waals surface area contributed by atoms with Gasteiger partial charge in [0.05, 0.1) is 0 Å². The highest BCUT2D eigenvalue weighted by Crippen LogP contribution is 2.26. The fourth-order valence-electron chi connectivity index (χ4n) is 3.45. The van der Waals surface area contributed by atoms with Crippen LogP contribution in [0.3, 0.4) is 0 Å². The first kappa shape index (κ1) is 16.6. The van der Waals surface area contributed by atoms with Crippen molar-refractivity contribution in [1.82, 2.24) is 15.5 Å². The molecule has 0 amide bonds. The number of aliphatic imine (C=N–C) groups is 1. The minimum Gasteiger partial charge on any atom is -0.357 e. The molecule has 2 rings (SSSR count). The van der Waals surface area contributed by atoms with Gasteiger partial charge in [-0.25, -0.2) is 0 Å². The lowest BCUT2D eigenvalue weighted by Crippen LogP contribution is -2.45. The van der Waals surface area contributed by atoms with Gasteiger partial charge in [0, 0.05) is 38.3 Å². The van der Waals surface area contributed by atoms with Gasteiger partial charge in [-0.3, -0.25) is 9.89 Å². The van der Waals surface area contributed by atoms with Gasteiger partial charge in [-0.15, -0.1) is 0 Å². The third-order valence-electron chi connectivity index (χ3n) is 4.72. The number of hydrogen-bond donors (Lipinski definition) is 2. The Morgan fingerprint density at radius 2 is 2.00 bits per heavy atom. The van der Waals surface area contributed by atoms with Gasteiger partial charge in [0.25, 0.3) is 0 Å². The van der Waals surface area contributed by atoms with E-state index in [-0.39, 0.29) is 0 Å². The molecule has 122 valence electrons. The third kappa shape index (κ3) is 5.50. The molecule has 1 atom stereocenters. The molecule has 1 saturated carbocycles. The molecule has 2 N–H and O–H groups in total. The second kappa shape index (κ2) is 8.62. The first-order chi connectivity index (χ1) is 10.2. The van der Waals surface area contributed by atoms with Crippen molar-refractivity contribution in [3.63, 3.8) is 0 Å². The number of likely N-dealkylation sites (tertiary alicyclic amines) is 1. The molecular weight excluding hydrogens is 260 g/mol. The van der Waals surface area contributed by atoms with Crippen LogP contribution < -0.4 is 10.6 Å². The van der Waals surface area contributed by atoms with Crippen molar-refractivity contribution >= 4 is 5.96 Å². The summed E-state index contributed by atoms with van der Waals surface area (Å²) in [7, 11) is 0. The molecule has 0 aromatic heterocycles. The van der Waals surface area contributed by atoms with Gasteiger partial charge in [-0.1, -0.05) is 26.7 Å². The van der Waals surface area contributed by atoms with Gasteiger partial charge >= 0.3 is 0 Å². The highest BCUT2D eigenvalue weighted by atomic mass is 15.3. The third-order valence-corrected chi connectivity index (χ3v) is 4.72. The number of rotatable bonds is 6. The molecule has 1 saturated heterocycles. The quantitative estimate of drug-likeness (QED) is 0.584. The molecule has 1 heterocycles. The van der Waals surface area contributed by atoms with Crippen LogP contribution in [0.2, 0.25) is 0 Å². The van der Waals surface area contributed by atoms with Crippen LogP contribution in [0.25, 0.3) is 0 Å². The maximum absolute atomic E-state index is 4.72. The van der Waals surface area contributed by atoms with Crippen LogP contribution in [-0.4, -0.2) is 49.1 Å². The molecule has 0 aromatic carbocycles. The van der Waals surface area contributed by atoms with Crippen molar-refractivity contribution in [2.45, 2.75) is 71.4 Å². The van der Waals surface area contributed by atoms with E-state index in [0.29, 0.717) is 6.04 Å². The minimum atomic E-state index is 0.572. The Morgan fingerprint density at radius 1 is 1.24 bits per heavy atom. The molecule has 1 aliphatic carbocycles. The van der Waals surface area contributed by atoms with E-state index in [1.807, 2.05) is 0 Å². The van der Waals surface area contributed by atoms with Crippen molar-refractivity contribution in [1.29, 1.82) is 0 Å². The average molecular weight is 294 g/mol. The number of guanidine groups is 1. The lowest BCUT2D eigenvalue weighted by atomic mass is 10.1. The zero-order valence-electron chi connectivity index (χ0n) is 14.2. The van der Waals surface area contributed by atoms with Crippen LogP contribution in [0.1, 0.15) is 59.3 Å². The Balaban J connectivity index is 1.77. The smallest absolute Gasteiger partial charge is 0.191 e. The first-order valence-electron chi connectivity index (χ1n) is 8.98. The highest BCUT2D eigenvalue weighted by Gasteiger charge is 2.30. The van der Waals surface area contributed by atoms with Gasteiger partial charge in [-0.2, -0.15) is 0 Å². The van der Waals surface area contributed by atoms with Gasteiger partial charge in [0.15, 0.2) is 5.96 Å². The van der Waals surface area contributed by atoms with Gasteiger partial charge in [-0.05, 0) is 38.5 Å². The Kier molecular flexibility index (Phi) is 6.81.